The third-order valence-corrected chi connectivity index (χ3v) is 2.93. The molecule has 0 amide bonds. The quantitative estimate of drug-likeness (QED) is 0.397. The van der Waals surface area contributed by atoms with Gasteiger partial charge in [-0.3, -0.25) is 5.43 Å². The molecule has 0 aromatic heterocycles. The number of nitrogens with zero attached hydrogens (tertiary/aromatic N) is 1. The Morgan fingerprint density at radius 3 is 2.52 bits per heavy atom. The number of benzene rings is 2. The van der Waals surface area contributed by atoms with Crippen LogP contribution in [-0.2, 0) is 0 Å². The normalized spacial score (nSPS) is 10.5. The number of nitrogens with one attached hydrogen (secondary N) is 2. The van der Waals surface area contributed by atoms with Gasteiger partial charge in [-0.15, -0.1) is 0 Å². The first kappa shape index (κ1) is 15.1. The van der Waals surface area contributed by atoms with Gasteiger partial charge in [-0.25, -0.2) is 0 Å². The zero-order valence-corrected chi connectivity index (χ0v) is 12.3. The first-order valence-corrected chi connectivity index (χ1v) is 6.71. The van der Waals surface area contributed by atoms with Gasteiger partial charge in [-0.05, 0) is 48.6 Å². The van der Waals surface area contributed by atoms with Gasteiger partial charge < -0.3 is 15.5 Å². The number of hydrogen-bond acceptors (Lipinski definition) is 4. The highest BCUT2D eigenvalue weighted by atomic mass is 35.5. The molecule has 5 nitrogen and oxygen atoms in total. The van der Waals surface area contributed by atoms with Gasteiger partial charge in [0, 0.05) is 22.3 Å². The number of rotatable bonds is 3. The molecule has 0 spiro atoms. The molecule has 0 fully saturated rings. The zero-order chi connectivity index (χ0) is 15.2. The molecular formula is C14H12ClN3O2S. The number of halogens is 1. The summed E-state index contributed by atoms with van der Waals surface area (Å²) in [6, 6.07) is 11.3. The zero-order valence-electron chi connectivity index (χ0n) is 10.7. The van der Waals surface area contributed by atoms with Crippen molar-refractivity contribution >= 4 is 40.8 Å². The average molecular weight is 322 g/mol. The van der Waals surface area contributed by atoms with Gasteiger partial charge in [0.15, 0.2) is 5.11 Å². The predicted octanol–water partition coefficient (Wildman–Crippen LogP) is 3.07. The number of phenols is 2. The number of aromatic hydroxyl groups is 2. The third-order valence-electron chi connectivity index (χ3n) is 2.49. The predicted molar refractivity (Wildman–Crippen MR) is 88.2 cm³/mol. The molecule has 2 rings (SSSR count). The number of thiocarbonyl (C=S) groups is 1. The van der Waals surface area contributed by atoms with Crippen LogP contribution in [-0.4, -0.2) is 21.5 Å². The summed E-state index contributed by atoms with van der Waals surface area (Å²) in [6.45, 7) is 0. The van der Waals surface area contributed by atoms with E-state index in [0.717, 1.165) is 5.69 Å². The van der Waals surface area contributed by atoms with Gasteiger partial charge in [-0.2, -0.15) is 5.10 Å². The van der Waals surface area contributed by atoms with E-state index in [1.807, 2.05) is 0 Å². The van der Waals surface area contributed by atoms with Crippen molar-refractivity contribution in [3.05, 3.63) is 53.1 Å². The van der Waals surface area contributed by atoms with Crippen molar-refractivity contribution in [2.75, 3.05) is 5.32 Å². The van der Waals surface area contributed by atoms with Crippen molar-refractivity contribution < 1.29 is 10.2 Å². The molecule has 0 aliphatic carbocycles. The molecule has 7 heteroatoms. The van der Waals surface area contributed by atoms with E-state index in [4.69, 9.17) is 23.8 Å². The molecule has 0 unspecified atom stereocenters. The van der Waals surface area contributed by atoms with Gasteiger partial charge in [0.25, 0.3) is 0 Å². The molecular weight excluding hydrogens is 310 g/mol. The highest BCUT2D eigenvalue weighted by Crippen LogP contribution is 2.20. The van der Waals surface area contributed by atoms with Crippen LogP contribution in [0.25, 0.3) is 0 Å². The van der Waals surface area contributed by atoms with Crippen LogP contribution in [0.4, 0.5) is 5.69 Å². The van der Waals surface area contributed by atoms with Crippen molar-refractivity contribution in [2.24, 2.45) is 5.10 Å². The van der Waals surface area contributed by atoms with Gasteiger partial charge >= 0.3 is 0 Å². The number of hydrazone groups is 1. The molecule has 21 heavy (non-hydrogen) atoms. The summed E-state index contributed by atoms with van der Waals surface area (Å²) in [7, 11) is 0. The Kier molecular flexibility index (Phi) is 4.97. The topological polar surface area (TPSA) is 76.9 Å². The fourth-order valence-electron chi connectivity index (χ4n) is 1.49. The van der Waals surface area contributed by atoms with Crippen molar-refractivity contribution in [1.82, 2.24) is 5.43 Å². The molecule has 0 heterocycles. The van der Waals surface area contributed by atoms with Crippen molar-refractivity contribution in [3.63, 3.8) is 0 Å². The van der Waals surface area contributed by atoms with Crippen molar-refractivity contribution in [1.29, 1.82) is 0 Å². The van der Waals surface area contributed by atoms with E-state index in [1.165, 1.54) is 24.4 Å². The van der Waals surface area contributed by atoms with Crippen molar-refractivity contribution in [2.45, 2.75) is 0 Å². The summed E-state index contributed by atoms with van der Waals surface area (Å²) < 4.78 is 0. The molecule has 4 N–H and O–H groups in total. The van der Waals surface area contributed by atoms with Crippen LogP contribution in [0.3, 0.4) is 0 Å². The number of phenolic OH excluding ortho intramolecular Hbond substituents is 2. The minimum atomic E-state index is -0.0721. The van der Waals surface area contributed by atoms with Crippen LogP contribution in [0.1, 0.15) is 5.56 Å². The number of hydrogen-bond donors (Lipinski definition) is 4. The lowest BCUT2D eigenvalue weighted by Gasteiger charge is -2.06. The fourth-order valence-corrected chi connectivity index (χ4v) is 1.79. The van der Waals surface area contributed by atoms with Crippen LogP contribution in [0.2, 0.25) is 5.02 Å². The van der Waals surface area contributed by atoms with E-state index in [2.05, 4.69) is 15.8 Å². The summed E-state index contributed by atoms with van der Waals surface area (Å²) in [4.78, 5) is 0. The van der Waals surface area contributed by atoms with Crippen LogP contribution in [0, 0.1) is 0 Å². The molecule has 0 aliphatic rings. The SMILES string of the molecule is Oc1ccc(/C=N/NC(=S)Nc2ccc(Cl)cc2)c(O)c1. The molecule has 108 valence electrons. The lowest BCUT2D eigenvalue weighted by Crippen LogP contribution is -2.23. The van der Waals surface area contributed by atoms with E-state index in [9.17, 15) is 10.2 Å². The minimum absolute atomic E-state index is 0.0162. The first-order valence-electron chi connectivity index (χ1n) is 5.92. The Morgan fingerprint density at radius 2 is 1.86 bits per heavy atom. The summed E-state index contributed by atoms with van der Waals surface area (Å²) in [5.41, 5.74) is 3.85. The molecule has 2 aromatic carbocycles. The molecule has 0 saturated carbocycles. The second kappa shape index (κ2) is 6.92. The molecule has 0 atom stereocenters. The Balaban J connectivity index is 1.91. The van der Waals surface area contributed by atoms with Gasteiger partial charge in [0.05, 0.1) is 6.21 Å². The molecule has 2 aromatic rings. The maximum atomic E-state index is 9.58. The summed E-state index contributed by atoms with van der Waals surface area (Å²) in [6.07, 6.45) is 1.39. The Labute approximate surface area is 131 Å². The van der Waals surface area contributed by atoms with Crippen LogP contribution >= 0.6 is 23.8 Å². The summed E-state index contributed by atoms with van der Waals surface area (Å²) in [5, 5.41) is 26.5. The van der Waals surface area contributed by atoms with E-state index in [1.54, 1.807) is 24.3 Å². The molecule has 0 bridgehead atoms. The van der Waals surface area contributed by atoms with Crippen LogP contribution in [0.15, 0.2) is 47.6 Å². The summed E-state index contributed by atoms with van der Waals surface area (Å²) >= 11 is 10.9. The van der Waals surface area contributed by atoms with Crippen LogP contribution in [0.5, 0.6) is 11.5 Å². The Bertz CT molecular complexity index is 674. The number of anilines is 1. The molecule has 0 saturated heterocycles. The molecule has 0 radical (unpaired) electrons. The average Bonchev–Trinajstić information content (AvgIpc) is 2.44. The largest absolute Gasteiger partial charge is 0.508 e. The first-order chi connectivity index (χ1) is 10.0. The monoisotopic (exact) mass is 321 g/mol. The van der Waals surface area contributed by atoms with Gasteiger partial charge in [0.2, 0.25) is 0 Å². The van der Waals surface area contributed by atoms with E-state index >= 15 is 0 Å². The minimum Gasteiger partial charge on any atom is -0.508 e. The maximum Gasteiger partial charge on any atom is 0.191 e. The van der Waals surface area contributed by atoms with E-state index in [0.29, 0.717) is 15.7 Å². The van der Waals surface area contributed by atoms with Crippen LogP contribution < -0.4 is 10.7 Å². The Morgan fingerprint density at radius 1 is 1.14 bits per heavy atom. The lowest BCUT2D eigenvalue weighted by atomic mass is 10.2. The highest BCUT2D eigenvalue weighted by molar-refractivity contribution is 7.80. The second-order valence-corrected chi connectivity index (χ2v) is 4.92. The third kappa shape index (κ3) is 4.62. The molecule has 0 aliphatic heterocycles. The summed E-state index contributed by atoms with van der Waals surface area (Å²) in [5.74, 6) is -0.0883. The van der Waals surface area contributed by atoms with Gasteiger partial charge in [-0.1, -0.05) is 11.6 Å². The lowest BCUT2D eigenvalue weighted by molar-refractivity contribution is 0.450. The standard InChI is InChI=1S/C14H12ClN3O2S/c15-10-2-4-11(5-3-10)17-14(21)18-16-8-9-1-6-12(19)7-13(9)20/h1-8,19-20H,(H2,17,18,21)/b16-8+. The smallest absolute Gasteiger partial charge is 0.191 e. The van der Waals surface area contributed by atoms with Crippen molar-refractivity contribution in [3.8, 4) is 11.5 Å². The Hall–Kier alpha value is -2.31. The maximum absolute atomic E-state index is 9.58. The van der Waals surface area contributed by atoms with Gasteiger partial charge in [0.1, 0.15) is 11.5 Å². The second-order valence-electron chi connectivity index (χ2n) is 4.07. The highest BCUT2D eigenvalue weighted by Gasteiger charge is 1.99. The fraction of sp³-hybridized carbons (Fsp3) is 0. The van der Waals surface area contributed by atoms with E-state index in [-0.39, 0.29) is 11.5 Å². The van der Waals surface area contributed by atoms with E-state index < -0.39 is 0 Å².